The van der Waals surface area contributed by atoms with Gasteiger partial charge in [0.25, 0.3) is 5.91 Å². The molecule has 1 aliphatic rings. The van der Waals surface area contributed by atoms with Gasteiger partial charge in [0.15, 0.2) is 0 Å². The van der Waals surface area contributed by atoms with E-state index in [-0.39, 0.29) is 43.6 Å². The Morgan fingerprint density at radius 2 is 1.66 bits per heavy atom. The summed E-state index contributed by atoms with van der Waals surface area (Å²) in [5.41, 5.74) is 1.91. The lowest BCUT2D eigenvalue weighted by Crippen LogP contribution is -2.40. The minimum atomic E-state index is -1.30. The highest BCUT2D eigenvalue weighted by Crippen LogP contribution is 2.48. The van der Waals surface area contributed by atoms with Gasteiger partial charge in [-0.2, -0.15) is 0 Å². The number of halogens is 2. The number of rotatable bonds is 14. The van der Waals surface area contributed by atoms with Crippen LogP contribution in [0.25, 0.3) is 0 Å². The Bertz CT molecular complexity index is 1600. The van der Waals surface area contributed by atoms with Crippen LogP contribution in [-0.2, 0) is 35.1 Å². The highest BCUT2D eigenvalue weighted by Gasteiger charge is 2.41. The van der Waals surface area contributed by atoms with Crippen LogP contribution in [0.15, 0.2) is 48.5 Å². The second-order valence-corrected chi connectivity index (χ2v) is 11.2. The molecule has 0 bridgehead atoms. The summed E-state index contributed by atoms with van der Waals surface area (Å²) < 4.78 is 39.5. The molecule has 3 aromatic carbocycles. The Morgan fingerprint density at radius 1 is 0.894 bits per heavy atom. The van der Waals surface area contributed by atoms with Gasteiger partial charge in [0.1, 0.15) is 35.2 Å². The maximum atomic E-state index is 14.6. The number of esters is 2. The average Bonchev–Trinajstić information content (AvgIpc) is 3.15. The molecule has 1 heterocycles. The molecule has 3 aromatic rings. The zero-order valence-corrected chi connectivity index (χ0v) is 28.3. The molecule has 1 aliphatic heterocycles. The second kappa shape index (κ2) is 16.6. The maximum absolute atomic E-state index is 14.6. The molecule has 0 N–H and O–H groups in total. The lowest BCUT2D eigenvalue weighted by Gasteiger charge is -2.28. The predicted molar refractivity (Wildman–Crippen MR) is 175 cm³/mol. The second-order valence-electron chi connectivity index (χ2n) is 10.4. The van der Waals surface area contributed by atoms with Crippen molar-refractivity contribution in [3.05, 3.63) is 75.3 Å². The quantitative estimate of drug-likeness (QED) is 0.140. The standard InChI is InChI=1S/C34H37Cl2NO10/c1-6-44-30(39)18-29-34(40)37(19-21-11-12-23(41-3)17-27(21)43-5)32-25(33(47-29)24-9-7-10-26(42-4)31(24)36)15-22(35)16-28(32)46-14-8-13-45-20(2)38/h7,9-12,15-17,29,33H,6,8,13-14,18-19H2,1-5H3/t29-,33-/m1/s1. The molecule has 0 unspecified atom stereocenters. The van der Waals surface area contributed by atoms with Gasteiger partial charge in [0.05, 0.1) is 64.8 Å². The van der Waals surface area contributed by atoms with Gasteiger partial charge < -0.3 is 38.1 Å². The van der Waals surface area contributed by atoms with Crippen LogP contribution < -0.4 is 23.8 Å². The number of benzene rings is 3. The first-order valence-corrected chi connectivity index (χ1v) is 15.6. The summed E-state index contributed by atoms with van der Waals surface area (Å²) in [6, 6.07) is 13.7. The zero-order chi connectivity index (χ0) is 34.1. The summed E-state index contributed by atoms with van der Waals surface area (Å²) in [6.07, 6.45) is -2.30. The molecule has 252 valence electrons. The van der Waals surface area contributed by atoms with Crippen LogP contribution in [0.2, 0.25) is 10.0 Å². The number of hydrogen-bond donors (Lipinski definition) is 0. The number of amides is 1. The summed E-state index contributed by atoms with van der Waals surface area (Å²) in [4.78, 5) is 40.2. The van der Waals surface area contributed by atoms with Gasteiger partial charge in [-0.3, -0.25) is 14.4 Å². The minimum Gasteiger partial charge on any atom is -0.497 e. The van der Waals surface area contributed by atoms with Crippen molar-refractivity contribution >= 4 is 46.7 Å². The number of ether oxygens (including phenoxy) is 7. The molecule has 0 spiro atoms. The fourth-order valence-corrected chi connectivity index (χ4v) is 5.69. The Morgan fingerprint density at radius 3 is 2.34 bits per heavy atom. The van der Waals surface area contributed by atoms with Crippen LogP contribution in [0.4, 0.5) is 5.69 Å². The largest absolute Gasteiger partial charge is 0.497 e. The first kappa shape index (κ1) is 35.7. The molecule has 1 amide bonds. The zero-order valence-electron chi connectivity index (χ0n) is 26.8. The Kier molecular flexibility index (Phi) is 12.6. The fraction of sp³-hybridized carbons (Fsp3) is 0.382. The van der Waals surface area contributed by atoms with E-state index in [1.807, 2.05) is 0 Å². The molecule has 2 atom stereocenters. The van der Waals surface area contributed by atoms with E-state index in [0.29, 0.717) is 51.1 Å². The molecule has 0 saturated carbocycles. The van der Waals surface area contributed by atoms with Crippen LogP contribution in [0.5, 0.6) is 23.0 Å². The van der Waals surface area contributed by atoms with Gasteiger partial charge in [-0.15, -0.1) is 0 Å². The van der Waals surface area contributed by atoms with E-state index >= 15 is 0 Å². The number of carbonyl (C=O) groups is 3. The Labute approximate surface area is 283 Å². The van der Waals surface area contributed by atoms with Crippen molar-refractivity contribution in [2.45, 2.75) is 45.4 Å². The SMILES string of the molecule is CCOC(=O)C[C@H]1O[C@H](c2cccc(OC)c2Cl)c2cc(Cl)cc(OCCCOC(C)=O)c2N(Cc2ccc(OC)cc2OC)C1=O. The summed E-state index contributed by atoms with van der Waals surface area (Å²) in [5.74, 6) is 0.120. The van der Waals surface area contributed by atoms with Gasteiger partial charge in [0.2, 0.25) is 0 Å². The number of anilines is 1. The molecule has 0 aromatic heterocycles. The minimum absolute atomic E-state index is 0.00824. The third-order valence-corrected chi connectivity index (χ3v) is 7.91. The van der Waals surface area contributed by atoms with E-state index in [9.17, 15) is 14.4 Å². The number of nitrogens with zero attached hydrogens (tertiary/aromatic N) is 1. The summed E-state index contributed by atoms with van der Waals surface area (Å²) in [7, 11) is 4.54. The lowest BCUT2D eigenvalue weighted by molar-refractivity contribution is -0.151. The normalized spacial score (nSPS) is 15.7. The lowest BCUT2D eigenvalue weighted by atomic mass is 9.98. The van der Waals surface area contributed by atoms with Crippen molar-refractivity contribution in [2.75, 3.05) is 46.0 Å². The van der Waals surface area contributed by atoms with Crippen LogP contribution in [0.3, 0.4) is 0 Å². The van der Waals surface area contributed by atoms with E-state index < -0.39 is 30.1 Å². The first-order chi connectivity index (χ1) is 22.6. The summed E-state index contributed by atoms with van der Waals surface area (Å²) in [5, 5.41) is 0.548. The predicted octanol–water partition coefficient (Wildman–Crippen LogP) is 6.33. The van der Waals surface area contributed by atoms with E-state index in [0.717, 1.165) is 0 Å². The van der Waals surface area contributed by atoms with E-state index in [2.05, 4.69) is 0 Å². The first-order valence-electron chi connectivity index (χ1n) is 14.9. The van der Waals surface area contributed by atoms with Crippen LogP contribution >= 0.6 is 23.2 Å². The number of methoxy groups -OCH3 is 3. The Balaban J connectivity index is 1.93. The van der Waals surface area contributed by atoms with Crippen LogP contribution in [0.1, 0.15) is 49.5 Å². The highest BCUT2D eigenvalue weighted by atomic mass is 35.5. The molecule has 11 nitrogen and oxygen atoms in total. The summed E-state index contributed by atoms with van der Waals surface area (Å²) in [6.45, 7) is 3.38. The van der Waals surface area contributed by atoms with Crippen molar-refractivity contribution < 1.29 is 47.5 Å². The maximum Gasteiger partial charge on any atom is 0.308 e. The summed E-state index contributed by atoms with van der Waals surface area (Å²) >= 11 is 13.5. The number of hydrogen-bond acceptors (Lipinski definition) is 10. The highest BCUT2D eigenvalue weighted by molar-refractivity contribution is 6.33. The van der Waals surface area contributed by atoms with Crippen molar-refractivity contribution in [2.24, 2.45) is 0 Å². The van der Waals surface area contributed by atoms with Gasteiger partial charge in [-0.05, 0) is 31.2 Å². The van der Waals surface area contributed by atoms with Gasteiger partial charge in [-0.1, -0.05) is 35.3 Å². The molecular weight excluding hydrogens is 653 g/mol. The molecule has 4 rings (SSSR count). The molecule has 47 heavy (non-hydrogen) atoms. The number of carbonyl (C=O) groups excluding carboxylic acids is 3. The Hall–Kier alpha value is -4.19. The van der Waals surface area contributed by atoms with Gasteiger partial charge in [0, 0.05) is 47.2 Å². The fourth-order valence-electron chi connectivity index (χ4n) is 5.18. The van der Waals surface area contributed by atoms with Crippen molar-refractivity contribution in [3.8, 4) is 23.0 Å². The molecule has 0 fully saturated rings. The molecule has 0 saturated heterocycles. The topological polar surface area (TPSA) is 119 Å². The van der Waals surface area contributed by atoms with Crippen molar-refractivity contribution in [3.63, 3.8) is 0 Å². The van der Waals surface area contributed by atoms with E-state index in [1.54, 1.807) is 62.6 Å². The van der Waals surface area contributed by atoms with Gasteiger partial charge >= 0.3 is 11.9 Å². The monoisotopic (exact) mass is 689 g/mol. The van der Waals surface area contributed by atoms with E-state index in [1.165, 1.54) is 26.0 Å². The third-order valence-electron chi connectivity index (χ3n) is 7.29. The number of fused-ring (bicyclic) bond motifs is 1. The smallest absolute Gasteiger partial charge is 0.308 e. The van der Waals surface area contributed by atoms with Crippen LogP contribution in [0, 0.1) is 0 Å². The van der Waals surface area contributed by atoms with Gasteiger partial charge in [-0.25, -0.2) is 0 Å². The molecule has 13 heteroatoms. The molecule has 0 aliphatic carbocycles. The molecule has 0 radical (unpaired) electrons. The van der Waals surface area contributed by atoms with Crippen molar-refractivity contribution in [1.29, 1.82) is 0 Å². The van der Waals surface area contributed by atoms with Crippen molar-refractivity contribution in [1.82, 2.24) is 0 Å². The molecular formula is C34H37Cl2NO10. The van der Waals surface area contributed by atoms with E-state index in [4.69, 9.17) is 56.4 Å². The average molecular weight is 691 g/mol. The van der Waals surface area contributed by atoms with Crippen LogP contribution in [-0.4, -0.2) is 65.1 Å². The third kappa shape index (κ3) is 8.59.